The van der Waals surface area contributed by atoms with Gasteiger partial charge < -0.3 is 9.47 Å². The third kappa shape index (κ3) is 6.22. The Labute approximate surface area is 114 Å². The molecule has 0 unspecified atom stereocenters. The van der Waals surface area contributed by atoms with Crippen LogP contribution in [0.4, 0.5) is 4.79 Å². The number of carbonyl (C=O) groups is 1. The average molecular weight is 266 g/mol. The van der Waals surface area contributed by atoms with Crippen LogP contribution in [0.25, 0.3) is 0 Å². The van der Waals surface area contributed by atoms with E-state index in [0.717, 1.165) is 12.0 Å². The summed E-state index contributed by atoms with van der Waals surface area (Å²) in [5.41, 5.74) is 3.96. The van der Waals surface area contributed by atoms with Gasteiger partial charge in [0.1, 0.15) is 6.61 Å². The van der Waals surface area contributed by atoms with E-state index in [1.807, 2.05) is 37.3 Å². The van der Waals surface area contributed by atoms with E-state index in [4.69, 9.17) is 9.47 Å². The second-order valence-corrected chi connectivity index (χ2v) is 4.05. The highest BCUT2D eigenvalue weighted by Gasteiger charge is 2.13. The van der Waals surface area contributed by atoms with Crippen LogP contribution in [0.15, 0.2) is 30.3 Å². The summed E-state index contributed by atoms with van der Waals surface area (Å²) >= 11 is 0. The summed E-state index contributed by atoms with van der Waals surface area (Å²) in [7, 11) is 1.64. The van der Waals surface area contributed by atoms with Crippen LogP contribution in [0.3, 0.4) is 0 Å². The smallest absolute Gasteiger partial charge is 0.424 e. The zero-order chi connectivity index (χ0) is 13.9. The monoisotopic (exact) mass is 266 g/mol. The van der Waals surface area contributed by atoms with Crippen molar-refractivity contribution in [1.29, 1.82) is 0 Å². The van der Waals surface area contributed by atoms with E-state index in [1.165, 1.54) is 5.01 Å². The number of hydrazine groups is 1. The van der Waals surface area contributed by atoms with E-state index in [-0.39, 0.29) is 12.7 Å². The number of hydrogen-bond acceptors (Lipinski definition) is 4. The van der Waals surface area contributed by atoms with E-state index >= 15 is 0 Å². The van der Waals surface area contributed by atoms with Gasteiger partial charge in [0.05, 0.1) is 0 Å². The molecule has 1 rings (SSSR count). The first-order valence-electron chi connectivity index (χ1n) is 6.48. The zero-order valence-electron chi connectivity index (χ0n) is 11.6. The molecule has 0 spiro atoms. The predicted octanol–water partition coefficient (Wildman–Crippen LogP) is 2.19. The molecule has 0 aliphatic heterocycles. The lowest BCUT2D eigenvalue weighted by Gasteiger charge is -2.22. The van der Waals surface area contributed by atoms with Crippen molar-refractivity contribution < 1.29 is 14.3 Å². The van der Waals surface area contributed by atoms with Gasteiger partial charge in [0.25, 0.3) is 0 Å². The molecule has 19 heavy (non-hydrogen) atoms. The lowest BCUT2D eigenvalue weighted by molar-refractivity contribution is 0.0726. The molecule has 0 bridgehead atoms. The van der Waals surface area contributed by atoms with Crippen molar-refractivity contribution in [3.05, 3.63) is 35.9 Å². The fourth-order valence-electron chi connectivity index (χ4n) is 1.59. The third-order valence-corrected chi connectivity index (χ3v) is 2.50. The molecule has 5 heteroatoms. The summed E-state index contributed by atoms with van der Waals surface area (Å²) in [6, 6.07) is 9.63. The lowest BCUT2D eigenvalue weighted by atomic mass is 10.2. The first-order chi connectivity index (χ1) is 9.27. The zero-order valence-corrected chi connectivity index (χ0v) is 11.6. The van der Waals surface area contributed by atoms with Gasteiger partial charge in [-0.2, -0.15) is 0 Å². The van der Waals surface area contributed by atoms with Gasteiger partial charge in [0, 0.05) is 26.8 Å². The van der Waals surface area contributed by atoms with Gasteiger partial charge in [-0.1, -0.05) is 37.3 Å². The second kappa shape index (κ2) is 9.35. The van der Waals surface area contributed by atoms with Crippen molar-refractivity contribution in [1.82, 2.24) is 10.4 Å². The first-order valence-corrected chi connectivity index (χ1v) is 6.48. The fraction of sp³-hybridized carbons (Fsp3) is 0.500. The third-order valence-electron chi connectivity index (χ3n) is 2.50. The maximum absolute atomic E-state index is 11.9. The topological polar surface area (TPSA) is 50.8 Å². The molecular weight excluding hydrogens is 244 g/mol. The SMILES string of the molecule is CCNN(CCCOC)C(=O)OCc1ccccc1. The molecule has 0 aliphatic rings. The molecule has 0 saturated carbocycles. The Hall–Kier alpha value is -1.59. The molecule has 0 radical (unpaired) electrons. The quantitative estimate of drug-likeness (QED) is 0.579. The number of nitrogens with one attached hydrogen (secondary N) is 1. The number of rotatable bonds is 8. The normalized spacial score (nSPS) is 10.2. The van der Waals surface area contributed by atoms with Crippen LogP contribution in [0, 0.1) is 0 Å². The fourth-order valence-corrected chi connectivity index (χ4v) is 1.59. The van der Waals surface area contributed by atoms with Crippen molar-refractivity contribution in [2.75, 3.05) is 26.8 Å². The highest BCUT2D eigenvalue weighted by Crippen LogP contribution is 2.02. The Kier molecular flexibility index (Phi) is 7.62. The van der Waals surface area contributed by atoms with Gasteiger partial charge in [0.2, 0.25) is 0 Å². The van der Waals surface area contributed by atoms with Gasteiger partial charge in [-0.3, -0.25) is 0 Å². The molecule has 0 saturated heterocycles. The first kappa shape index (κ1) is 15.5. The summed E-state index contributed by atoms with van der Waals surface area (Å²) in [5, 5.41) is 1.49. The summed E-state index contributed by atoms with van der Waals surface area (Å²) in [4.78, 5) is 11.9. The molecular formula is C14H22N2O3. The lowest BCUT2D eigenvalue weighted by Crippen LogP contribution is -2.43. The number of ether oxygens (including phenoxy) is 2. The van der Waals surface area contributed by atoms with E-state index < -0.39 is 0 Å². The molecule has 0 atom stereocenters. The van der Waals surface area contributed by atoms with Gasteiger partial charge in [-0.05, 0) is 12.0 Å². The van der Waals surface area contributed by atoms with E-state index in [0.29, 0.717) is 19.7 Å². The van der Waals surface area contributed by atoms with E-state index in [1.54, 1.807) is 7.11 Å². The Morgan fingerprint density at radius 1 is 1.32 bits per heavy atom. The number of benzene rings is 1. The molecule has 0 aromatic heterocycles. The maximum atomic E-state index is 11.9. The highest BCUT2D eigenvalue weighted by atomic mass is 16.6. The van der Waals surface area contributed by atoms with Crippen LogP contribution < -0.4 is 5.43 Å². The minimum absolute atomic E-state index is 0.284. The Bertz CT molecular complexity index is 357. The molecule has 0 aliphatic carbocycles. The molecule has 106 valence electrons. The molecule has 0 heterocycles. The minimum Gasteiger partial charge on any atom is -0.444 e. The summed E-state index contributed by atoms with van der Waals surface area (Å²) in [6.45, 7) is 4.08. The number of methoxy groups -OCH3 is 1. The van der Waals surface area contributed by atoms with Crippen molar-refractivity contribution in [3.8, 4) is 0 Å². The van der Waals surface area contributed by atoms with Gasteiger partial charge in [-0.15, -0.1) is 0 Å². The standard InChI is InChI=1S/C14H22N2O3/c1-3-15-16(10-7-11-18-2)14(17)19-12-13-8-5-4-6-9-13/h4-6,8-9,15H,3,7,10-12H2,1-2H3. The summed E-state index contributed by atoms with van der Waals surface area (Å²) in [5.74, 6) is 0. The summed E-state index contributed by atoms with van der Waals surface area (Å²) in [6.07, 6.45) is 0.408. The minimum atomic E-state index is -0.359. The van der Waals surface area contributed by atoms with E-state index in [9.17, 15) is 4.79 Å². The van der Waals surface area contributed by atoms with Crippen LogP contribution >= 0.6 is 0 Å². The maximum Gasteiger partial charge on any atom is 0.424 e. The van der Waals surface area contributed by atoms with E-state index in [2.05, 4.69) is 5.43 Å². The van der Waals surface area contributed by atoms with Crippen molar-refractivity contribution in [3.63, 3.8) is 0 Å². The highest BCUT2D eigenvalue weighted by molar-refractivity contribution is 5.66. The second-order valence-electron chi connectivity index (χ2n) is 4.05. The van der Waals surface area contributed by atoms with Crippen LogP contribution in [0.5, 0.6) is 0 Å². The van der Waals surface area contributed by atoms with Crippen molar-refractivity contribution >= 4 is 6.09 Å². The van der Waals surface area contributed by atoms with Gasteiger partial charge >= 0.3 is 6.09 Å². The molecule has 5 nitrogen and oxygen atoms in total. The number of amides is 1. The van der Waals surface area contributed by atoms with Crippen LogP contribution in [-0.2, 0) is 16.1 Å². The van der Waals surface area contributed by atoms with Crippen LogP contribution in [0.1, 0.15) is 18.9 Å². The van der Waals surface area contributed by atoms with Crippen molar-refractivity contribution in [2.24, 2.45) is 0 Å². The number of hydrogen-bond donors (Lipinski definition) is 1. The molecule has 0 fully saturated rings. The van der Waals surface area contributed by atoms with Crippen LogP contribution in [-0.4, -0.2) is 37.9 Å². The molecule has 1 aromatic carbocycles. The van der Waals surface area contributed by atoms with Crippen LogP contribution in [0.2, 0.25) is 0 Å². The Morgan fingerprint density at radius 3 is 2.68 bits per heavy atom. The predicted molar refractivity (Wildman–Crippen MR) is 73.5 cm³/mol. The number of nitrogens with zero attached hydrogens (tertiary/aromatic N) is 1. The molecule has 1 N–H and O–H groups in total. The Morgan fingerprint density at radius 2 is 2.05 bits per heavy atom. The molecule has 1 aromatic rings. The molecule has 1 amide bonds. The summed E-state index contributed by atoms with van der Waals surface area (Å²) < 4.78 is 10.2. The number of carbonyl (C=O) groups excluding carboxylic acids is 1. The van der Waals surface area contributed by atoms with Crippen molar-refractivity contribution in [2.45, 2.75) is 20.0 Å². The average Bonchev–Trinajstić information content (AvgIpc) is 2.45. The van der Waals surface area contributed by atoms with Gasteiger partial charge in [0.15, 0.2) is 0 Å². The largest absolute Gasteiger partial charge is 0.444 e. The Balaban J connectivity index is 2.38. The van der Waals surface area contributed by atoms with Gasteiger partial charge in [-0.25, -0.2) is 15.2 Å².